The van der Waals surface area contributed by atoms with Gasteiger partial charge in [-0.1, -0.05) is 11.6 Å². The number of hydrogen-bond donors (Lipinski definition) is 1. The van der Waals surface area contributed by atoms with Crippen molar-refractivity contribution in [2.24, 2.45) is 0 Å². The third-order valence-corrected chi connectivity index (χ3v) is 3.17. The number of benzene rings is 2. The largest absolute Gasteiger partial charge is 0.462 e. The van der Waals surface area contributed by atoms with Gasteiger partial charge < -0.3 is 10.1 Å². The van der Waals surface area contributed by atoms with Crippen LogP contribution < -0.4 is 5.32 Å². The van der Waals surface area contributed by atoms with E-state index in [2.05, 4.69) is 5.32 Å². The molecule has 0 saturated carbocycles. The topological polar surface area (TPSA) is 38.3 Å². The number of carbonyl (C=O) groups is 1. The molecule has 0 bridgehead atoms. The molecule has 0 aromatic heterocycles. The molecule has 1 N–H and O–H groups in total. The number of halogens is 2. The zero-order valence-electron chi connectivity index (χ0n) is 11.7. The normalized spacial score (nSPS) is 10.3. The van der Waals surface area contributed by atoms with Crippen molar-refractivity contribution < 1.29 is 13.9 Å². The summed E-state index contributed by atoms with van der Waals surface area (Å²) in [7, 11) is 0. The summed E-state index contributed by atoms with van der Waals surface area (Å²) in [5.74, 6) is -0.744. The fourth-order valence-corrected chi connectivity index (χ4v) is 2.09. The maximum Gasteiger partial charge on any atom is 0.340 e. The zero-order valence-corrected chi connectivity index (χ0v) is 12.5. The van der Waals surface area contributed by atoms with E-state index in [4.69, 9.17) is 16.3 Å². The molecule has 0 fully saturated rings. The molecule has 0 heterocycles. The van der Waals surface area contributed by atoms with Crippen molar-refractivity contribution in [1.29, 1.82) is 0 Å². The van der Waals surface area contributed by atoms with Gasteiger partial charge >= 0.3 is 5.97 Å². The van der Waals surface area contributed by atoms with E-state index in [0.29, 0.717) is 22.0 Å². The highest BCUT2D eigenvalue weighted by atomic mass is 35.5. The Morgan fingerprint density at radius 3 is 2.67 bits per heavy atom. The lowest BCUT2D eigenvalue weighted by Crippen LogP contribution is -2.08. The molecule has 2 aromatic carbocycles. The second-order valence-electron chi connectivity index (χ2n) is 4.49. The van der Waals surface area contributed by atoms with E-state index < -0.39 is 5.97 Å². The third kappa shape index (κ3) is 3.73. The number of carbonyl (C=O) groups excluding carboxylic acids is 1. The van der Waals surface area contributed by atoms with Gasteiger partial charge in [-0.2, -0.15) is 0 Å². The zero-order chi connectivity index (χ0) is 15.4. The molecule has 3 nitrogen and oxygen atoms in total. The van der Waals surface area contributed by atoms with Crippen molar-refractivity contribution in [2.75, 3.05) is 11.9 Å². The van der Waals surface area contributed by atoms with Crippen LogP contribution in [0.5, 0.6) is 0 Å². The fraction of sp³-hybridized carbons (Fsp3) is 0.188. The van der Waals surface area contributed by atoms with Crippen molar-refractivity contribution in [3.05, 3.63) is 58.4 Å². The van der Waals surface area contributed by atoms with Crippen LogP contribution in [0.25, 0.3) is 0 Å². The first kappa shape index (κ1) is 15.3. The number of aryl methyl sites for hydroxylation is 1. The summed E-state index contributed by atoms with van der Waals surface area (Å²) < 4.78 is 18.1. The first-order chi connectivity index (χ1) is 10.0. The van der Waals surface area contributed by atoms with Crippen LogP contribution in [0.3, 0.4) is 0 Å². The van der Waals surface area contributed by atoms with Gasteiger partial charge in [0.25, 0.3) is 0 Å². The molecule has 0 saturated heterocycles. The van der Waals surface area contributed by atoms with Crippen LogP contribution in [0.1, 0.15) is 22.8 Å². The molecule has 0 aliphatic heterocycles. The molecule has 2 aromatic rings. The molecular formula is C16H15ClFNO2. The van der Waals surface area contributed by atoms with E-state index in [-0.39, 0.29) is 12.4 Å². The van der Waals surface area contributed by atoms with Gasteiger partial charge in [0.1, 0.15) is 5.82 Å². The third-order valence-electron chi connectivity index (χ3n) is 2.93. The minimum absolute atomic E-state index is 0.288. The summed E-state index contributed by atoms with van der Waals surface area (Å²) in [6, 6.07) is 9.23. The van der Waals surface area contributed by atoms with Crippen molar-refractivity contribution in [3.63, 3.8) is 0 Å². The molecular weight excluding hydrogens is 293 g/mol. The molecule has 0 amide bonds. The lowest BCUT2D eigenvalue weighted by molar-refractivity contribution is 0.0527. The lowest BCUT2D eigenvalue weighted by Gasteiger charge is -2.13. The Morgan fingerprint density at radius 2 is 2.00 bits per heavy atom. The van der Waals surface area contributed by atoms with Crippen molar-refractivity contribution in [3.8, 4) is 0 Å². The first-order valence-electron chi connectivity index (χ1n) is 6.51. The molecule has 0 unspecified atom stereocenters. The van der Waals surface area contributed by atoms with Crippen LogP contribution in [-0.4, -0.2) is 12.6 Å². The predicted octanol–water partition coefficient (Wildman–Crippen LogP) is 4.71. The molecule has 0 aliphatic carbocycles. The van der Waals surface area contributed by atoms with Gasteiger partial charge in [0.15, 0.2) is 0 Å². The van der Waals surface area contributed by atoms with E-state index in [9.17, 15) is 9.18 Å². The maximum atomic E-state index is 13.1. The van der Waals surface area contributed by atoms with Gasteiger partial charge in [-0.25, -0.2) is 9.18 Å². The first-order valence-corrected chi connectivity index (χ1v) is 6.89. The van der Waals surface area contributed by atoms with Gasteiger partial charge in [-0.05, 0) is 55.8 Å². The minimum Gasteiger partial charge on any atom is -0.462 e. The Bertz CT molecular complexity index is 673. The SMILES string of the molecule is CCOC(=O)c1ccc(Cl)cc1Nc1ccc(F)cc1C. The summed E-state index contributed by atoms with van der Waals surface area (Å²) in [6.45, 7) is 3.81. The van der Waals surface area contributed by atoms with E-state index in [0.717, 1.165) is 5.56 Å². The second kappa shape index (κ2) is 6.59. The molecule has 0 aliphatic rings. The van der Waals surface area contributed by atoms with E-state index in [1.165, 1.54) is 12.1 Å². The number of nitrogens with one attached hydrogen (secondary N) is 1. The number of anilines is 2. The van der Waals surface area contributed by atoms with Crippen molar-refractivity contribution in [2.45, 2.75) is 13.8 Å². The average molecular weight is 308 g/mol. The second-order valence-corrected chi connectivity index (χ2v) is 4.93. The summed E-state index contributed by atoms with van der Waals surface area (Å²) in [5, 5.41) is 3.59. The predicted molar refractivity (Wildman–Crippen MR) is 81.8 cm³/mol. The van der Waals surface area contributed by atoms with Crippen LogP contribution in [0, 0.1) is 12.7 Å². The van der Waals surface area contributed by atoms with E-state index in [1.54, 1.807) is 38.1 Å². The molecule has 0 atom stereocenters. The minimum atomic E-state index is -0.434. The number of hydrogen-bond acceptors (Lipinski definition) is 3. The molecule has 2 rings (SSSR count). The highest BCUT2D eigenvalue weighted by Gasteiger charge is 2.14. The number of esters is 1. The quantitative estimate of drug-likeness (QED) is 0.831. The van der Waals surface area contributed by atoms with Crippen molar-refractivity contribution >= 4 is 28.9 Å². The maximum absolute atomic E-state index is 13.1. The van der Waals surface area contributed by atoms with Crippen LogP contribution in [0.2, 0.25) is 5.02 Å². The highest BCUT2D eigenvalue weighted by Crippen LogP contribution is 2.27. The van der Waals surface area contributed by atoms with Gasteiger partial charge in [0.2, 0.25) is 0 Å². The van der Waals surface area contributed by atoms with Gasteiger partial charge in [0.05, 0.1) is 17.9 Å². The fourth-order valence-electron chi connectivity index (χ4n) is 1.92. The van der Waals surface area contributed by atoms with E-state index >= 15 is 0 Å². The molecule has 0 spiro atoms. The average Bonchev–Trinajstić information content (AvgIpc) is 2.42. The van der Waals surface area contributed by atoms with Gasteiger partial charge in [-0.3, -0.25) is 0 Å². The smallest absolute Gasteiger partial charge is 0.340 e. The van der Waals surface area contributed by atoms with Gasteiger partial charge in [-0.15, -0.1) is 0 Å². The Labute approximate surface area is 127 Å². The summed E-state index contributed by atoms with van der Waals surface area (Å²) in [6.07, 6.45) is 0. The monoisotopic (exact) mass is 307 g/mol. The molecule has 110 valence electrons. The van der Waals surface area contributed by atoms with Crippen molar-refractivity contribution in [1.82, 2.24) is 0 Å². The highest BCUT2D eigenvalue weighted by molar-refractivity contribution is 6.31. The Balaban J connectivity index is 2.38. The Hall–Kier alpha value is -2.07. The van der Waals surface area contributed by atoms with Crippen LogP contribution in [-0.2, 0) is 4.74 Å². The van der Waals surface area contributed by atoms with Crippen LogP contribution in [0.15, 0.2) is 36.4 Å². The van der Waals surface area contributed by atoms with Crippen LogP contribution in [0.4, 0.5) is 15.8 Å². The number of rotatable bonds is 4. The Kier molecular flexibility index (Phi) is 4.81. The number of ether oxygens (including phenoxy) is 1. The van der Waals surface area contributed by atoms with Crippen LogP contribution >= 0.6 is 11.6 Å². The standard InChI is InChI=1S/C16H15ClFNO2/c1-3-21-16(20)13-6-4-11(17)9-15(13)19-14-7-5-12(18)8-10(14)2/h4-9,19H,3H2,1-2H3. The molecule has 21 heavy (non-hydrogen) atoms. The van der Waals surface area contributed by atoms with E-state index in [1.807, 2.05) is 0 Å². The summed E-state index contributed by atoms with van der Waals surface area (Å²) >= 11 is 5.98. The Morgan fingerprint density at radius 1 is 1.24 bits per heavy atom. The summed E-state index contributed by atoms with van der Waals surface area (Å²) in [5.41, 5.74) is 2.33. The lowest BCUT2D eigenvalue weighted by atomic mass is 10.1. The summed E-state index contributed by atoms with van der Waals surface area (Å²) in [4.78, 5) is 11.9. The van der Waals surface area contributed by atoms with Gasteiger partial charge in [0, 0.05) is 10.7 Å². The molecule has 0 radical (unpaired) electrons. The molecule has 5 heteroatoms.